The van der Waals surface area contributed by atoms with Crippen LogP contribution in [0.3, 0.4) is 0 Å². The number of aromatic nitrogens is 3. The number of ether oxygens (including phenoxy) is 2. The first-order valence-electron chi connectivity index (χ1n) is 8.51. The Hall–Kier alpha value is -2.54. The molecule has 25 heavy (non-hydrogen) atoms. The molecule has 2 aliphatic heterocycles. The number of carbonyl (C=O) groups excluding carboxylic acids is 1. The molecule has 1 atom stereocenters. The summed E-state index contributed by atoms with van der Waals surface area (Å²) in [6, 6.07) is 5.63. The molecule has 1 spiro atoms. The summed E-state index contributed by atoms with van der Waals surface area (Å²) >= 11 is 0. The molecule has 2 aliphatic rings. The number of nitrogens with zero attached hydrogens (tertiary/aromatic N) is 4. The fraction of sp³-hybridized carbons (Fsp3) is 0.444. The Morgan fingerprint density at radius 3 is 2.80 bits per heavy atom. The van der Waals surface area contributed by atoms with Crippen molar-refractivity contribution in [3.63, 3.8) is 0 Å². The van der Waals surface area contributed by atoms with Crippen molar-refractivity contribution in [1.82, 2.24) is 19.9 Å². The second-order valence-electron chi connectivity index (χ2n) is 6.49. The van der Waals surface area contributed by atoms with E-state index >= 15 is 0 Å². The molecule has 0 saturated carbocycles. The first-order chi connectivity index (χ1) is 12.2. The van der Waals surface area contributed by atoms with Crippen LogP contribution in [0.15, 0.2) is 43.0 Å². The minimum absolute atomic E-state index is 0.0112. The van der Waals surface area contributed by atoms with E-state index in [4.69, 9.17) is 9.47 Å². The van der Waals surface area contributed by atoms with Crippen molar-refractivity contribution in [1.29, 1.82) is 0 Å². The Balaban J connectivity index is 1.33. The fourth-order valence-electron chi connectivity index (χ4n) is 3.50. The molecule has 7 heteroatoms. The topological polar surface area (TPSA) is 77.4 Å². The number of carbonyl (C=O) groups is 1. The maximum atomic E-state index is 12.5. The molecule has 1 amide bonds. The van der Waals surface area contributed by atoms with Crippen molar-refractivity contribution in [2.75, 3.05) is 19.7 Å². The average molecular weight is 340 g/mol. The number of pyridine rings is 1. The summed E-state index contributed by atoms with van der Waals surface area (Å²) in [6.45, 7) is 1.88. The maximum Gasteiger partial charge on any atom is 0.274 e. The highest BCUT2D eigenvalue weighted by Crippen LogP contribution is 2.37. The van der Waals surface area contributed by atoms with Crippen LogP contribution in [0.2, 0.25) is 0 Å². The van der Waals surface area contributed by atoms with E-state index in [1.165, 1.54) is 12.4 Å². The minimum Gasteiger partial charge on any atom is -0.472 e. The highest BCUT2D eigenvalue weighted by atomic mass is 16.6. The predicted molar refractivity (Wildman–Crippen MR) is 89.1 cm³/mol. The molecule has 130 valence electrons. The van der Waals surface area contributed by atoms with Crippen LogP contribution in [-0.2, 0) is 4.74 Å². The van der Waals surface area contributed by atoms with Crippen molar-refractivity contribution in [3.05, 3.63) is 48.7 Å². The van der Waals surface area contributed by atoms with Crippen LogP contribution in [0.1, 0.15) is 29.8 Å². The molecule has 0 aliphatic carbocycles. The summed E-state index contributed by atoms with van der Waals surface area (Å²) in [7, 11) is 0. The molecule has 0 radical (unpaired) electrons. The molecule has 7 nitrogen and oxygen atoms in total. The summed E-state index contributed by atoms with van der Waals surface area (Å²) in [5.74, 6) is 0.561. The number of likely N-dealkylation sites (tertiary alicyclic amines) is 1. The lowest BCUT2D eigenvalue weighted by atomic mass is 9.88. The maximum absolute atomic E-state index is 12.5. The summed E-state index contributed by atoms with van der Waals surface area (Å²) < 4.78 is 12.0. The quantitative estimate of drug-likeness (QED) is 0.847. The van der Waals surface area contributed by atoms with Gasteiger partial charge in [0.1, 0.15) is 11.8 Å². The van der Waals surface area contributed by atoms with Gasteiger partial charge in [0.2, 0.25) is 5.88 Å². The molecule has 0 bridgehead atoms. The molecule has 1 unspecified atom stereocenters. The van der Waals surface area contributed by atoms with E-state index in [1.807, 2.05) is 23.1 Å². The van der Waals surface area contributed by atoms with Gasteiger partial charge in [-0.25, -0.2) is 9.97 Å². The van der Waals surface area contributed by atoms with Crippen LogP contribution in [0.5, 0.6) is 5.88 Å². The normalized spacial score (nSPS) is 22.1. The zero-order valence-electron chi connectivity index (χ0n) is 13.9. The van der Waals surface area contributed by atoms with Crippen molar-refractivity contribution in [3.8, 4) is 5.88 Å². The lowest BCUT2D eigenvalue weighted by Gasteiger charge is -2.38. The first-order valence-corrected chi connectivity index (χ1v) is 8.51. The highest BCUT2D eigenvalue weighted by Gasteiger charge is 2.44. The summed E-state index contributed by atoms with van der Waals surface area (Å²) in [5, 5.41) is 0. The molecule has 2 aromatic heterocycles. The van der Waals surface area contributed by atoms with Gasteiger partial charge in [-0.15, -0.1) is 0 Å². The van der Waals surface area contributed by atoms with E-state index in [2.05, 4.69) is 15.0 Å². The lowest BCUT2D eigenvalue weighted by Crippen LogP contribution is -2.46. The Labute approximate surface area is 146 Å². The molecule has 0 N–H and O–H groups in total. The van der Waals surface area contributed by atoms with E-state index in [1.54, 1.807) is 12.4 Å². The zero-order valence-corrected chi connectivity index (χ0v) is 13.9. The Bertz CT molecular complexity index is 718. The van der Waals surface area contributed by atoms with Crippen LogP contribution in [-0.4, -0.2) is 57.2 Å². The third-order valence-electron chi connectivity index (χ3n) is 4.84. The van der Waals surface area contributed by atoms with E-state index in [0.29, 0.717) is 31.3 Å². The van der Waals surface area contributed by atoms with E-state index < -0.39 is 0 Å². The molecular formula is C18H20N4O3. The average Bonchev–Trinajstić information content (AvgIpc) is 3.05. The molecule has 2 saturated heterocycles. The van der Waals surface area contributed by atoms with Crippen LogP contribution in [0.25, 0.3) is 0 Å². The predicted octanol–water partition coefficient (Wildman–Crippen LogP) is 1.71. The second kappa shape index (κ2) is 6.76. The third kappa shape index (κ3) is 3.46. The van der Waals surface area contributed by atoms with Gasteiger partial charge in [-0.05, 0) is 18.9 Å². The molecular weight excluding hydrogens is 320 g/mol. The van der Waals surface area contributed by atoms with Gasteiger partial charge in [-0.1, -0.05) is 6.07 Å². The minimum atomic E-state index is -0.196. The number of rotatable bonds is 3. The smallest absolute Gasteiger partial charge is 0.274 e. The van der Waals surface area contributed by atoms with Gasteiger partial charge >= 0.3 is 0 Å². The SMILES string of the molecule is O=C(c1cnccn1)N1CCC2(CC1)CC(Oc1ccccn1)CO2. The lowest BCUT2D eigenvalue weighted by molar-refractivity contribution is -0.0396. The number of hydrogen-bond acceptors (Lipinski definition) is 6. The molecule has 4 heterocycles. The van der Waals surface area contributed by atoms with Crippen LogP contribution < -0.4 is 4.74 Å². The molecule has 2 fully saturated rings. The van der Waals surface area contributed by atoms with E-state index in [9.17, 15) is 4.79 Å². The monoisotopic (exact) mass is 340 g/mol. The van der Waals surface area contributed by atoms with Crippen LogP contribution in [0.4, 0.5) is 0 Å². The van der Waals surface area contributed by atoms with Crippen LogP contribution in [0, 0.1) is 0 Å². The van der Waals surface area contributed by atoms with Crippen molar-refractivity contribution < 1.29 is 14.3 Å². The molecule has 4 rings (SSSR count). The largest absolute Gasteiger partial charge is 0.472 e. The van der Waals surface area contributed by atoms with Gasteiger partial charge in [0, 0.05) is 44.2 Å². The third-order valence-corrected chi connectivity index (χ3v) is 4.84. The molecule has 2 aromatic rings. The van der Waals surface area contributed by atoms with Crippen LogP contribution >= 0.6 is 0 Å². The fourth-order valence-corrected chi connectivity index (χ4v) is 3.50. The van der Waals surface area contributed by atoms with Crippen molar-refractivity contribution >= 4 is 5.91 Å². The van der Waals surface area contributed by atoms with E-state index in [0.717, 1.165) is 19.3 Å². The van der Waals surface area contributed by atoms with Crippen molar-refractivity contribution in [2.45, 2.75) is 31.0 Å². The Kier molecular flexibility index (Phi) is 4.31. The summed E-state index contributed by atoms with van der Waals surface area (Å²) in [6.07, 6.45) is 8.79. The number of hydrogen-bond donors (Lipinski definition) is 0. The van der Waals surface area contributed by atoms with Crippen molar-refractivity contribution in [2.24, 2.45) is 0 Å². The summed E-state index contributed by atoms with van der Waals surface area (Å²) in [4.78, 5) is 26.5. The molecule has 0 aromatic carbocycles. The number of amides is 1. The van der Waals surface area contributed by atoms with Gasteiger partial charge in [0.15, 0.2) is 0 Å². The Morgan fingerprint density at radius 1 is 1.20 bits per heavy atom. The van der Waals surface area contributed by atoms with Gasteiger partial charge < -0.3 is 14.4 Å². The number of piperidine rings is 1. The zero-order chi connectivity index (χ0) is 17.1. The van der Waals surface area contributed by atoms with Gasteiger partial charge in [0.05, 0.1) is 18.4 Å². The second-order valence-corrected chi connectivity index (χ2v) is 6.49. The first kappa shape index (κ1) is 16.0. The Morgan fingerprint density at radius 2 is 2.08 bits per heavy atom. The van der Waals surface area contributed by atoms with E-state index in [-0.39, 0.29) is 17.6 Å². The summed E-state index contributed by atoms with van der Waals surface area (Å²) in [5.41, 5.74) is 0.195. The van der Waals surface area contributed by atoms with Gasteiger partial charge in [-0.3, -0.25) is 9.78 Å². The highest BCUT2D eigenvalue weighted by molar-refractivity contribution is 5.92. The van der Waals surface area contributed by atoms with Gasteiger partial charge in [0.25, 0.3) is 5.91 Å². The standard InChI is InChI=1S/C18H20N4O3/c23-17(15-12-19-7-8-20-15)22-9-4-18(5-10-22)11-14(13-24-18)25-16-3-1-2-6-21-16/h1-3,6-8,12,14H,4-5,9-11,13H2. The van der Waals surface area contributed by atoms with Gasteiger partial charge in [-0.2, -0.15) is 0 Å².